The number of benzene rings is 1. The van der Waals surface area contributed by atoms with Crippen LogP contribution in [0.15, 0.2) is 24.3 Å². The van der Waals surface area contributed by atoms with Crippen molar-refractivity contribution in [3.05, 3.63) is 24.3 Å². The second-order valence-electron chi connectivity index (χ2n) is 12.9. The molecule has 0 radical (unpaired) electrons. The Kier molecular flexibility index (Phi) is 21.7. The Morgan fingerprint density at radius 2 is 0.857 bits per heavy atom. The first-order chi connectivity index (χ1) is 26.6. The van der Waals surface area contributed by atoms with Gasteiger partial charge in [-0.05, 0) is 12.1 Å². The standard InChI is InChI=1S/C34H53N7O15/c42-28(19-40(23-32(49)50)15-17-55-26-3-1-2-4-27(26)56-18-16-41(24-33(51)52)25-34(53)54)35-5-6-36-7-9-37(20-29(43)44)11-13-39(22-31(47)48)14-12-38(10-8-36)21-30(45)46/h1-4H,5-25H2,(H,35,42)(H,43,44)(H,45,46)(H,47,48)(H,49,50)(H,51,52)(H,53,54). The van der Waals surface area contributed by atoms with Gasteiger partial charge in [-0.2, -0.15) is 0 Å². The molecular weight excluding hydrogens is 746 g/mol. The number of amides is 1. The molecule has 0 atom stereocenters. The third kappa shape index (κ3) is 21.7. The molecular formula is C34H53N7O15. The molecule has 1 fully saturated rings. The molecule has 1 saturated heterocycles. The minimum Gasteiger partial charge on any atom is -0.488 e. The third-order valence-corrected chi connectivity index (χ3v) is 8.38. The van der Waals surface area contributed by atoms with Gasteiger partial charge in [0.2, 0.25) is 5.91 Å². The van der Waals surface area contributed by atoms with E-state index in [4.69, 9.17) is 19.7 Å². The highest BCUT2D eigenvalue weighted by molar-refractivity contribution is 5.79. The topological polar surface area (TPSA) is 291 Å². The fourth-order valence-corrected chi connectivity index (χ4v) is 5.72. The van der Waals surface area contributed by atoms with Crippen LogP contribution in [0.1, 0.15) is 0 Å². The number of para-hydroxylation sites is 2. The Morgan fingerprint density at radius 1 is 0.518 bits per heavy atom. The molecule has 1 aromatic rings. The van der Waals surface area contributed by atoms with Crippen molar-refractivity contribution < 1.29 is 73.7 Å². The maximum atomic E-state index is 12.9. The zero-order valence-corrected chi connectivity index (χ0v) is 31.2. The summed E-state index contributed by atoms with van der Waals surface area (Å²) in [6.45, 7) is 0.368. The molecule has 22 nitrogen and oxygen atoms in total. The lowest BCUT2D eigenvalue weighted by molar-refractivity contribution is -0.143. The Balaban J connectivity index is 1.97. The predicted molar refractivity (Wildman–Crippen MR) is 195 cm³/mol. The first-order valence-electron chi connectivity index (χ1n) is 17.9. The van der Waals surface area contributed by atoms with Crippen molar-refractivity contribution in [2.24, 2.45) is 0 Å². The van der Waals surface area contributed by atoms with Gasteiger partial charge < -0.3 is 45.4 Å². The van der Waals surface area contributed by atoms with Crippen molar-refractivity contribution in [1.82, 2.24) is 34.7 Å². The summed E-state index contributed by atoms with van der Waals surface area (Å²) >= 11 is 0. The highest BCUT2D eigenvalue weighted by Crippen LogP contribution is 2.26. The fraction of sp³-hybridized carbons (Fsp3) is 0.618. The quantitative estimate of drug-likeness (QED) is 0.0515. The zero-order valence-electron chi connectivity index (χ0n) is 31.2. The van der Waals surface area contributed by atoms with Gasteiger partial charge in [0.05, 0.1) is 45.8 Å². The molecule has 314 valence electrons. The normalized spacial score (nSPS) is 15.4. The lowest BCUT2D eigenvalue weighted by Crippen LogP contribution is -2.49. The van der Waals surface area contributed by atoms with E-state index < -0.39 is 61.4 Å². The van der Waals surface area contributed by atoms with Gasteiger partial charge in [0.25, 0.3) is 0 Å². The van der Waals surface area contributed by atoms with Gasteiger partial charge in [0.1, 0.15) is 13.2 Å². The molecule has 1 aromatic carbocycles. The van der Waals surface area contributed by atoms with Crippen LogP contribution in [0.3, 0.4) is 0 Å². The summed E-state index contributed by atoms with van der Waals surface area (Å²) in [4.78, 5) is 90.6. The van der Waals surface area contributed by atoms with Gasteiger partial charge in [0.15, 0.2) is 11.5 Å². The van der Waals surface area contributed by atoms with Crippen LogP contribution in [0.4, 0.5) is 0 Å². The van der Waals surface area contributed by atoms with Crippen molar-refractivity contribution in [1.29, 1.82) is 0 Å². The predicted octanol–water partition coefficient (Wildman–Crippen LogP) is -3.11. The first kappa shape index (κ1) is 47.0. The number of carbonyl (C=O) groups is 7. The number of ether oxygens (including phenoxy) is 2. The van der Waals surface area contributed by atoms with E-state index in [0.29, 0.717) is 44.2 Å². The van der Waals surface area contributed by atoms with Crippen LogP contribution in [-0.2, 0) is 33.6 Å². The van der Waals surface area contributed by atoms with Gasteiger partial charge in [0, 0.05) is 78.5 Å². The smallest absolute Gasteiger partial charge is 0.317 e. The summed E-state index contributed by atoms with van der Waals surface area (Å²) in [5.74, 6) is -6.56. The number of carboxylic acid groups (broad SMARTS) is 6. The Bertz CT molecular complexity index is 1400. The molecule has 0 spiro atoms. The van der Waals surface area contributed by atoms with Crippen molar-refractivity contribution in [2.75, 3.05) is 138 Å². The van der Waals surface area contributed by atoms with Gasteiger partial charge in [-0.25, -0.2) is 0 Å². The molecule has 0 saturated carbocycles. The van der Waals surface area contributed by atoms with Crippen LogP contribution in [0.2, 0.25) is 0 Å². The molecule has 0 aromatic heterocycles. The molecule has 1 heterocycles. The number of hydrogen-bond donors (Lipinski definition) is 7. The summed E-state index contributed by atoms with van der Waals surface area (Å²) in [5, 5.41) is 58.5. The van der Waals surface area contributed by atoms with Crippen LogP contribution in [0.5, 0.6) is 11.5 Å². The maximum Gasteiger partial charge on any atom is 0.317 e. The SMILES string of the molecule is O=C(O)CN1CCN(CCNC(=O)CN(CCOc2ccccc2OCCN(CC(=O)O)CC(=O)O)CC(=O)O)CCN(CC(=O)O)CCN(CC(=O)O)CC1. The van der Waals surface area contributed by atoms with Crippen LogP contribution in [0.25, 0.3) is 0 Å². The molecule has 56 heavy (non-hydrogen) atoms. The largest absolute Gasteiger partial charge is 0.488 e. The fourth-order valence-electron chi connectivity index (χ4n) is 5.72. The van der Waals surface area contributed by atoms with E-state index in [1.54, 1.807) is 39.0 Å². The molecule has 0 aliphatic carbocycles. The average Bonchev–Trinajstić information content (AvgIpc) is 3.08. The van der Waals surface area contributed by atoms with Crippen LogP contribution >= 0.6 is 0 Å². The molecule has 7 N–H and O–H groups in total. The number of rotatable bonds is 25. The van der Waals surface area contributed by atoms with E-state index in [1.165, 1.54) is 9.80 Å². The minimum atomic E-state index is -1.19. The molecule has 22 heteroatoms. The molecule has 1 aliphatic rings. The molecule has 2 rings (SSSR count). The zero-order chi connectivity index (χ0) is 41.5. The summed E-state index contributed by atoms with van der Waals surface area (Å²) in [5.41, 5.74) is 0. The monoisotopic (exact) mass is 799 g/mol. The minimum absolute atomic E-state index is 0.00751. The lowest BCUT2D eigenvalue weighted by Gasteiger charge is -2.33. The van der Waals surface area contributed by atoms with E-state index in [-0.39, 0.29) is 85.2 Å². The lowest BCUT2D eigenvalue weighted by atomic mass is 10.3. The van der Waals surface area contributed by atoms with Crippen LogP contribution in [0, 0.1) is 0 Å². The van der Waals surface area contributed by atoms with E-state index in [9.17, 15) is 54.0 Å². The second kappa shape index (κ2) is 25.9. The Labute approximate surface area is 323 Å². The Morgan fingerprint density at radius 3 is 1.20 bits per heavy atom. The van der Waals surface area contributed by atoms with Gasteiger partial charge in [-0.1, -0.05) is 12.1 Å². The summed E-state index contributed by atoms with van der Waals surface area (Å²) in [6.07, 6.45) is 0. The number of aliphatic carboxylic acids is 6. The van der Waals surface area contributed by atoms with Gasteiger partial charge in [-0.15, -0.1) is 0 Å². The third-order valence-electron chi connectivity index (χ3n) is 8.38. The van der Waals surface area contributed by atoms with E-state index in [2.05, 4.69) is 5.32 Å². The van der Waals surface area contributed by atoms with E-state index in [0.717, 1.165) is 0 Å². The van der Waals surface area contributed by atoms with Gasteiger partial charge >= 0.3 is 35.8 Å². The highest BCUT2D eigenvalue weighted by atomic mass is 16.5. The maximum absolute atomic E-state index is 12.9. The first-order valence-corrected chi connectivity index (χ1v) is 17.9. The molecule has 1 amide bonds. The van der Waals surface area contributed by atoms with E-state index in [1.807, 2.05) is 4.90 Å². The highest BCUT2D eigenvalue weighted by Gasteiger charge is 2.21. The summed E-state index contributed by atoms with van der Waals surface area (Å²) in [7, 11) is 0. The Hall–Kier alpha value is -5.13. The summed E-state index contributed by atoms with van der Waals surface area (Å²) in [6, 6.07) is 6.54. The number of nitrogens with one attached hydrogen (secondary N) is 1. The van der Waals surface area contributed by atoms with Gasteiger partial charge in [-0.3, -0.25) is 63.0 Å². The van der Waals surface area contributed by atoms with Crippen molar-refractivity contribution >= 4 is 41.7 Å². The number of hydrogen-bond acceptors (Lipinski definition) is 15. The van der Waals surface area contributed by atoms with Crippen molar-refractivity contribution in [3.8, 4) is 11.5 Å². The van der Waals surface area contributed by atoms with Crippen molar-refractivity contribution in [3.63, 3.8) is 0 Å². The summed E-state index contributed by atoms with van der Waals surface area (Å²) < 4.78 is 11.5. The molecule has 0 bridgehead atoms. The van der Waals surface area contributed by atoms with Crippen LogP contribution < -0.4 is 14.8 Å². The second-order valence-corrected chi connectivity index (χ2v) is 12.9. The number of carboxylic acids is 6. The van der Waals surface area contributed by atoms with E-state index >= 15 is 0 Å². The average molecular weight is 800 g/mol. The number of carbonyl (C=O) groups excluding carboxylic acids is 1. The molecule has 1 aliphatic heterocycles. The van der Waals surface area contributed by atoms with Crippen molar-refractivity contribution in [2.45, 2.75) is 0 Å². The number of nitrogens with zero attached hydrogens (tertiary/aromatic N) is 6. The molecule has 0 unspecified atom stereocenters. The van der Waals surface area contributed by atoms with Crippen LogP contribution in [-0.4, -0.2) is 239 Å².